The van der Waals surface area contributed by atoms with Crippen LogP contribution in [-0.4, -0.2) is 48.0 Å². The fourth-order valence-corrected chi connectivity index (χ4v) is 2.66. The van der Waals surface area contributed by atoms with Gasteiger partial charge in [0.15, 0.2) is 0 Å². The Labute approximate surface area is 144 Å². The Morgan fingerprint density at radius 3 is 2.25 bits per heavy atom. The first-order valence-corrected chi connectivity index (χ1v) is 8.53. The molecular formula is C17H29BFNO4. The van der Waals surface area contributed by atoms with Gasteiger partial charge in [-0.15, -0.1) is 0 Å². The zero-order chi connectivity index (χ0) is 18.3. The molecule has 0 radical (unpaired) electrons. The molecule has 0 N–H and O–H groups in total. The molecule has 0 unspecified atom stereocenters. The molecule has 0 bridgehead atoms. The first kappa shape index (κ1) is 19.3. The number of nitrogens with zero attached hydrogens (tertiary/aromatic N) is 1. The minimum Gasteiger partial charge on any atom is -0.444 e. The molecule has 2 saturated heterocycles. The van der Waals surface area contributed by atoms with E-state index < -0.39 is 35.7 Å². The third-order valence-corrected chi connectivity index (χ3v) is 4.74. The summed E-state index contributed by atoms with van der Waals surface area (Å²) in [7, 11) is -1.01. The molecule has 0 saturated carbocycles. The van der Waals surface area contributed by atoms with Crippen molar-refractivity contribution in [3.8, 4) is 0 Å². The summed E-state index contributed by atoms with van der Waals surface area (Å²) >= 11 is 0. The Morgan fingerprint density at radius 2 is 1.75 bits per heavy atom. The highest BCUT2D eigenvalue weighted by Crippen LogP contribution is 2.40. The molecule has 2 rings (SSSR count). The second kappa shape index (κ2) is 6.34. The average Bonchev–Trinajstić information content (AvgIpc) is 2.65. The van der Waals surface area contributed by atoms with Gasteiger partial charge in [0.05, 0.1) is 11.2 Å². The van der Waals surface area contributed by atoms with Crippen LogP contribution < -0.4 is 0 Å². The summed E-state index contributed by atoms with van der Waals surface area (Å²) in [4.78, 5) is 13.7. The number of amides is 1. The Balaban J connectivity index is 2.11. The minimum atomic E-state index is -1.01. The Kier molecular flexibility index (Phi) is 5.08. The van der Waals surface area contributed by atoms with Gasteiger partial charge in [-0.3, -0.25) is 0 Å². The van der Waals surface area contributed by atoms with Crippen LogP contribution in [0.4, 0.5) is 9.18 Å². The highest BCUT2D eigenvalue weighted by Gasteiger charge is 2.53. The fourth-order valence-electron chi connectivity index (χ4n) is 2.66. The molecule has 0 spiro atoms. The van der Waals surface area contributed by atoms with Crippen molar-refractivity contribution in [2.75, 3.05) is 13.1 Å². The van der Waals surface area contributed by atoms with Crippen molar-refractivity contribution in [3.63, 3.8) is 0 Å². The molecule has 5 nitrogen and oxygen atoms in total. The smallest absolute Gasteiger partial charge is 0.444 e. The monoisotopic (exact) mass is 341 g/mol. The molecule has 2 aliphatic heterocycles. The zero-order valence-corrected chi connectivity index (χ0v) is 15.9. The van der Waals surface area contributed by atoms with E-state index in [2.05, 4.69) is 0 Å². The van der Waals surface area contributed by atoms with E-state index in [9.17, 15) is 9.18 Å². The van der Waals surface area contributed by atoms with E-state index in [0.717, 1.165) is 0 Å². The summed E-state index contributed by atoms with van der Waals surface area (Å²) in [5.41, 5.74) is -1.61. The van der Waals surface area contributed by atoms with Crippen molar-refractivity contribution in [3.05, 3.63) is 11.3 Å². The number of likely N-dealkylation sites (tertiary alicyclic amines) is 1. The molecule has 2 fully saturated rings. The van der Waals surface area contributed by atoms with Gasteiger partial charge in [0, 0.05) is 13.1 Å². The molecule has 7 heteroatoms. The minimum absolute atomic E-state index is 0.213. The first-order chi connectivity index (χ1) is 10.8. The molecule has 1 amide bonds. The number of ether oxygens (including phenoxy) is 1. The third-order valence-electron chi connectivity index (χ3n) is 4.74. The van der Waals surface area contributed by atoms with Crippen LogP contribution in [0.2, 0.25) is 0 Å². The van der Waals surface area contributed by atoms with E-state index in [1.807, 2.05) is 48.5 Å². The molecule has 2 aliphatic rings. The second-order valence-corrected chi connectivity index (χ2v) is 8.55. The van der Waals surface area contributed by atoms with Crippen LogP contribution in [0.25, 0.3) is 0 Å². The van der Waals surface area contributed by atoms with Crippen molar-refractivity contribution in [1.82, 2.24) is 4.90 Å². The van der Waals surface area contributed by atoms with Crippen molar-refractivity contribution in [2.24, 2.45) is 0 Å². The van der Waals surface area contributed by atoms with Gasteiger partial charge in [-0.05, 0) is 66.9 Å². The number of hydrogen-bond donors (Lipinski definition) is 0. The highest BCUT2D eigenvalue weighted by molar-refractivity contribution is 6.53. The van der Waals surface area contributed by atoms with Crippen LogP contribution in [0.3, 0.4) is 0 Å². The van der Waals surface area contributed by atoms with Crippen molar-refractivity contribution in [2.45, 2.75) is 78.1 Å². The summed E-state index contributed by atoms with van der Waals surface area (Å²) < 4.78 is 31.8. The van der Waals surface area contributed by atoms with Crippen LogP contribution >= 0.6 is 0 Å². The van der Waals surface area contributed by atoms with Crippen molar-refractivity contribution < 1.29 is 23.2 Å². The van der Waals surface area contributed by atoms with Crippen LogP contribution in [0, 0.1) is 0 Å². The molecule has 2 heterocycles. The van der Waals surface area contributed by atoms with Crippen molar-refractivity contribution >= 4 is 13.2 Å². The zero-order valence-electron chi connectivity index (χ0n) is 15.9. The van der Waals surface area contributed by atoms with E-state index in [4.69, 9.17) is 14.0 Å². The quantitative estimate of drug-likeness (QED) is 0.679. The van der Waals surface area contributed by atoms with Crippen LogP contribution in [0.15, 0.2) is 11.3 Å². The molecule has 0 atom stereocenters. The van der Waals surface area contributed by atoms with Crippen LogP contribution in [-0.2, 0) is 14.0 Å². The lowest BCUT2D eigenvalue weighted by molar-refractivity contribution is 0.00578. The van der Waals surface area contributed by atoms with Gasteiger partial charge < -0.3 is 18.9 Å². The third kappa shape index (κ3) is 4.12. The fraction of sp³-hybridized carbons (Fsp3) is 0.824. The summed E-state index contributed by atoms with van der Waals surface area (Å²) in [5.74, 6) is 0. The molecule has 24 heavy (non-hydrogen) atoms. The summed E-state index contributed by atoms with van der Waals surface area (Å²) in [6.45, 7) is 13.8. The van der Waals surface area contributed by atoms with Gasteiger partial charge in [-0.1, -0.05) is 0 Å². The van der Waals surface area contributed by atoms with E-state index in [1.54, 1.807) is 0 Å². The topological polar surface area (TPSA) is 48.0 Å². The van der Waals surface area contributed by atoms with Gasteiger partial charge in [0.2, 0.25) is 0 Å². The Bertz CT molecular complexity index is 523. The highest BCUT2D eigenvalue weighted by atomic mass is 19.1. The largest absolute Gasteiger partial charge is 0.525 e. The number of carbonyl (C=O) groups is 1. The molecule has 136 valence electrons. The van der Waals surface area contributed by atoms with Crippen molar-refractivity contribution in [1.29, 1.82) is 0 Å². The summed E-state index contributed by atoms with van der Waals surface area (Å²) in [6, 6.07) is 0. The Hall–Kier alpha value is -1.08. The lowest BCUT2D eigenvalue weighted by atomic mass is 9.82. The van der Waals surface area contributed by atoms with E-state index in [-0.39, 0.29) is 6.54 Å². The normalized spacial score (nSPS) is 25.7. The first-order valence-electron chi connectivity index (χ1n) is 8.53. The summed E-state index contributed by atoms with van der Waals surface area (Å²) in [5, 5.41) is 0. The Morgan fingerprint density at radius 1 is 1.21 bits per heavy atom. The number of piperidine rings is 1. The maximum absolute atomic E-state index is 14.9. The van der Waals surface area contributed by atoms with E-state index in [0.29, 0.717) is 25.0 Å². The van der Waals surface area contributed by atoms with Crippen LogP contribution in [0.1, 0.15) is 61.3 Å². The lowest BCUT2D eigenvalue weighted by Gasteiger charge is -2.32. The standard InChI is InChI=1S/C17H29BFNO4/c1-15(2,3)22-14(21)20-10-8-9-12(11-20)13(19)18-23-16(4,5)17(6,7)24-18/h8-11H2,1-7H3. The van der Waals surface area contributed by atoms with Crippen LogP contribution in [0.5, 0.6) is 0 Å². The van der Waals surface area contributed by atoms with Gasteiger partial charge in [0.1, 0.15) is 11.3 Å². The predicted molar refractivity (Wildman–Crippen MR) is 91.3 cm³/mol. The average molecular weight is 341 g/mol. The van der Waals surface area contributed by atoms with Gasteiger partial charge >= 0.3 is 13.2 Å². The SMILES string of the molecule is CC(C)(C)OC(=O)N1CCCC(=C(F)B2OC(C)(C)C(C)(C)O2)C1. The van der Waals surface area contributed by atoms with E-state index >= 15 is 0 Å². The molecule has 0 aliphatic carbocycles. The lowest BCUT2D eigenvalue weighted by Crippen LogP contribution is -2.41. The number of hydrogen-bond acceptors (Lipinski definition) is 4. The van der Waals surface area contributed by atoms with Gasteiger partial charge in [-0.25, -0.2) is 9.18 Å². The summed E-state index contributed by atoms with van der Waals surface area (Å²) in [6.07, 6.45) is 0.873. The molecule has 0 aromatic heterocycles. The van der Waals surface area contributed by atoms with Gasteiger partial charge in [-0.2, -0.15) is 0 Å². The predicted octanol–water partition coefficient (Wildman–Crippen LogP) is 3.87. The number of halogens is 1. The van der Waals surface area contributed by atoms with E-state index in [1.165, 1.54) is 4.90 Å². The second-order valence-electron chi connectivity index (χ2n) is 8.55. The molecule has 0 aromatic rings. The maximum Gasteiger partial charge on any atom is 0.525 e. The maximum atomic E-state index is 14.9. The molecule has 0 aromatic carbocycles. The van der Waals surface area contributed by atoms with Gasteiger partial charge in [0.25, 0.3) is 0 Å². The number of rotatable bonds is 1. The number of carbonyl (C=O) groups excluding carboxylic acids is 1. The molecular weight excluding hydrogens is 312 g/mol.